The van der Waals surface area contributed by atoms with Crippen LogP contribution in [0.15, 0.2) is 59.2 Å². The summed E-state index contributed by atoms with van der Waals surface area (Å²) in [6.07, 6.45) is 9.37. The number of nitrogens with zero attached hydrogens (tertiary/aromatic N) is 2. The number of allylic oxidation sites excluding steroid dienone is 1. The maximum atomic E-state index is 9.52. The van der Waals surface area contributed by atoms with Gasteiger partial charge in [-0.2, -0.15) is 5.26 Å². The lowest BCUT2D eigenvalue weighted by atomic mass is 10.0. The van der Waals surface area contributed by atoms with Crippen LogP contribution in [0.25, 0.3) is 22.6 Å². The smallest absolute Gasteiger partial charge is 0.0998 e. The lowest BCUT2D eigenvalue weighted by Gasteiger charge is -1.99. The Labute approximate surface area is 143 Å². The molecular weight excluding hydrogens is 348 g/mol. The fraction of sp³-hybridized carbons (Fsp3) is 0.0500. The number of aromatic nitrogens is 1. The third-order valence-electron chi connectivity index (χ3n) is 3.66. The van der Waals surface area contributed by atoms with Gasteiger partial charge in [-0.3, -0.25) is 0 Å². The highest BCUT2D eigenvalue weighted by Crippen LogP contribution is 2.26. The predicted molar refractivity (Wildman–Crippen MR) is 98.4 cm³/mol. The second-order valence-corrected chi connectivity index (χ2v) is 6.03. The molecule has 3 rings (SSSR count). The van der Waals surface area contributed by atoms with Crippen LogP contribution in [0.3, 0.4) is 0 Å². The third kappa shape index (κ3) is 3.06. The van der Waals surface area contributed by atoms with Gasteiger partial charge >= 0.3 is 0 Å². The standard InChI is InChI=1S/C20H13BrN2/c1-2-11-23-14-17(19-5-3-4-6-20(19)23)12-16(13-22)15-7-9-18(21)10-8-15/h1,3-10,12,14H,11H2/b16-12+. The van der Waals surface area contributed by atoms with E-state index in [0.717, 1.165) is 26.5 Å². The number of para-hydroxylation sites is 1. The van der Waals surface area contributed by atoms with Crippen molar-refractivity contribution in [2.24, 2.45) is 0 Å². The monoisotopic (exact) mass is 360 g/mol. The fourth-order valence-electron chi connectivity index (χ4n) is 2.58. The second-order valence-electron chi connectivity index (χ2n) is 5.11. The van der Waals surface area contributed by atoms with Crippen LogP contribution >= 0.6 is 15.9 Å². The number of nitriles is 1. The number of benzene rings is 2. The van der Waals surface area contributed by atoms with E-state index in [-0.39, 0.29) is 0 Å². The predicted octanol–water partition coefficient (Wildman–Crippen LogP) is 5.10. The van der Waals surface area contributed by atoms with Crippen molar-refractivity contribution in [3.63, 3.8) is 0 Å². The van der Waals surface area contributed by atoms with Crippen LogP contribution < -0.4 is 0 Å². The summed E-state index contributed by atoms with van der Waals surface area (Å²) in [5.41, 5.74) is 3.59. The van der Waals surface area contributed by atoms with E-state index in [1.807, 2.05) is 65.4 Å². The van der Waals surface area contributed by atoms with Gasteiger partial charge in [0.25, 0.3) is 0 Å². The molecule has 3 aromatic rings. The molecule has 2 nitrogen and oxygen atoms in total. The average molecular weight is 361 g/mol. The highest BCUT2D eigenvalue weighted by Gasteiger charge is 2.08. The SMILES string of the molecule is C#CCn1cc(/C=C(\C#N)c2ccc(Br)cc2)c2ccccc21. The normalized spacial score (nSPS) is 11.2. The minimum atomic E-state index is 0.508. The van der Waals surface area contributed by atoms with Crippen molar-refractivity contribution in [1.29, 1.82) is 5.26 Å². The van der Waals surface area contributed by atoms with E-state index in [0.29, 0.717) is 12.1 Å². The largest absolute Gasteiger partial charge is 0.335 e. The molecular formula is C20H13BrN2. The molecule has 0 unspecified atom stereocenters. The molecule has 23 heavy (non-hydrogen) atoms. The Hall–Kier alpha value is -2.75. The number of hydrogen-bond donors (Lipinski definition) is 0. The molecule has 0 aliphatic carbocycles. The highest BCUT2D eigenvalue weighted by atomic mass is 79.9. The summed E-state index contributed by atoms with van der Waals surface area (Å²) in [6, 6.07) is 18.1. The van der Waals surface area contributed by atoms with Gasteiger partial charge < -0.3 is 4.57 Å². The minimum Gasteiger partial charge on any atom is -0.335 e. The molecule has 0 amide bonds. The third-order valence-corrected chi connectivity index (χ3v) is 4.19. The summed E-state index contributed by atoms with van der Waals surface area (Å²) in [5.74, 6) is 2.67. The van der Waals surface area contributed by atoms with Crippen molar-refractivity contribution < 1.29 is 0 Å². The van der Waals surface area contributed by atoms with Crippen molar-refractivity contribution in [3.8, 4) is 18.4 Å². The van der Waals surface area contributed by atoms with Crippen molar-refractivity contribution >= 4 is 38.5 Å². The molecule has 3 heteroatoms. The molecule has 0 aliphatic rings. The summed E-state index contributed by atoms with van der Waals surface area (Å²) < 4.78 is 3.02. The van der Waals surface area contributed by atoms with E-state index < -0.39 is 0 Å². The van der Waals surface area contributed by atoms with Crippen LogP contribution in [-0.4, -0.2) is 4.57 Å². The Balaban J connectivity index is 2.14. The number of rotatable bonds is 3. The van der Waals surface area contributed by atoms with Gasteiger partial charge in [0.05, 0.1) is 18.2 Å². The van der Waals surface area contributed by atoms with Crippen LogP contribution in [-0.2, 0) is 6.54 Å². The van der Waals surface area contributed by atoms with Crippen LogP contribution in [0.4, 0.5) is 0 Å². The number of terminal acetylenes is 1. The quantitative estimate of drug-likeness (QED) is 0.471. The Morgan fingerprint density at radius 3 is 2.61 bits per heavy atom. The lowest BCUT2D eigenvalue weighted by molar-refractivity contribution is 0.886. The van der Waals surface area contributed by atoms with Gasteiger partial charge in [0.2, 0.25) is 0 Å². The van der Waals surface area contributed by atoms with E-state index in [1.165, 1.54) is 0 Å². The van der Waals surface area contributed by atoms with E-state index in [2.05, 4.69) is 27.9 Å². The molecule has 0 bridgehead atoms. The van der Waals surface area contributed by atoms with E-state index in [4.69, 9.17) is 6.42 Å². The first kappa shape index (κ1) is 15.2. The lowest BCUT2D eigenvalue weighted by Crippen LogP contribution is -1.91. The molecule has 0 fully saturated rings. The van der Waals surface area contributed by atoms with Crippen molar-refractivity contribution in [2.75, 3.05) is 0 Å². The molecule has 0 aliphatic heterocycles. The number of halogens is 1. The van der Waals surface area contributed by atoms with E-state index in [9.17, 15) is 5.26 Å². The van der Waals surface area contributed by atoms with E-state index in [1.54, 1.807) is 0 Å². The molecule has 110 valence electrons. The Bertz CT molecular complexity index is 964. The first-order chi connectivity index (χ1) is 11.2. The molecule has 1 heterocycles. The maximum absolute atomic E-state index is 9.52. The van der Waals surface area contributed by atoms with Gasteiger partial charge in [-0.25, -0.2) is 0 Å². The molecule has 0 N–H and O–H groups in total. The van der Waals surface area contributed by atoms with Gasteiger partial charge in [-0.05, 0) is 29.8 Å². The minimum absolute atomic E-state index is 0.508. The average Bonchev–Trinajstić information content (AvgIpc) is 2.92. The van der Waals surface area contributed by atoms with Crippen LogP contribution in [0.5, 0.6) is 0 Å². The molecule has 0 radical (unpaired) electrons. The molecule has 0 atom stereocenters. The molecule has 0 saturated heterocycles. The Kier molecular flexibility index (Phi) is 4.33. The van der Waals surface area contributed by atoms with Crippen LogP contribution in [0, 0.1) is 23.7 Å². The van der Waals surface area contributed by atoms with Crippen molar-refractivity contribution in [3.05, 3.63) is 70.3 Å². The van der Waals surface area contributed by atoms with Gasteiger partial charge in [0, 0.05) is 27.1 Å². The fourth-order valence-corrected chi connectivity index (χ4v) is 2.85. The molecule has 1 aromatic heterocycles. The van der Waals surface area contributed by atoms with Gasteiger partial charge in [0.1, 0.15) is 0 Å². The molecule has 2 aromatic carbocycles. The zero-order valence-electron chi connectivity index (χ0n) is 12.3. The summed E-state index contributed by atoms with van der Waals surface area (Å²) in [6.45, 7) is 0.508. The Morgan fingerprint density at radius 2 is 1.91 bits per heavy atom. The van der Waals surface area contributed by atoms with Crippen molar-refractivity contribution in [2.45, 2.75) is 6.54 Å². The van der Waals surface area contributed by atoms with E-state index >= 15 is 0 Å². The van der Waals surface area contributed by atoms with Crippen molar-refractivity contribution in [1.82, 2.24) is 4.57 Å². The topological polar surface area (TPSA) is 28.7 Å². The highest BCUT2D eigenvalue weighted by molar-refractivity contribution is 9.10. The number of fused-ring (bicyclic) bond motifs is 1. The van der Waals surface area contributed by atoms with Crippen LogP contribution in [0.1, 0.15) is 11.1 Å². The Morgan fingerprint density at radius 1 is 1.17 bits per heavy atom. The first-order valence-corrected chi connectivity index (χ1v) is 7.91. The van der Waals surface area contributed by atoms with Gasteiger partial charge in [-0.1, -0.05) is 52.2 Å². The van der Waals surface area contributed by atoms with Gasteiger partial charge in [0.15, 0.2) is 0 Å². The first-order valence-electron chi connectivity index (χ1n) is 7.12. The van der Waals surface area contributed by atoms with Gasteiger partial charge in [-0.15, -0.1) is 6.42 Å². The molecule has 0 spiro atoms. The summed E-state index contributed by atoms with van der Waals surface area (Å²) in [4.78, 5) is 0. The summed E-state index contributed by atoms with van der Waals surface area (Å²) in [5, 5.41) is 10.6. The zero-order chi connectivity index (χ0) is 16.2. The van der Waals surface area contributed by atoms with Crippen LogP contribution in [0.2, 0.25) is 0 Å². The number of hydrogen-bond acceptors (Lipinski definition) is 1. The maximum Gasteiger partial charge on any atom is 0.0998 e. The zero-order valence-corrected chi connectivity index (χ0v) is 13.9. The summed E-state index contributed by atoms with van der Waals surface area (Å²) in [7, 11) is 0. The molecule has 0 saturated carbocycles. The second kappa shape index (κ2) is 6.57. The summed E-state index contributed by atoms with van der Waals surface area (Å²) >= 11 is 3.41.